The van der Waals surface area contributed by atoms with Crippen molar-refractivity contribution in [2.75, 3.05) is 18.1 Å². The molecule has 0 unspecified atom stereocenters. The Morgan fingerprint density at radius 1 is 1.43 bits per heavy atom. The molecule has 2 heterocycles. The Kier molecular flexibility index (Phi) is 5.07. The van der Waals surface area contributed by atoms with Crippen LogP contribution in [-0.2, 0) is 4.79 Å². The van der Waals surface area contributed by atoms with E-state index in [1.807, 2.05) is 16.8 Å². The van der Waals surface area contributed by atoms with Gasteiger partial charge in [0, 0.05) is 18.1 Å². The average Bonchev–Trinajstić information content (AvgIpc) is 3.19. The molecule has 23 heavy (non-hydrogen) atoms. The van der Waals surface area contributed by atoms with Crippen molar-refractivity contribution in [1.82, 2.24) is 14.9 Å². The zero-order valence-electron chi connectivity index (χ0n) is 13.1. The van der Waals surface area contributed by atoms with Gasteiger partial charge in [0.15, 0.2) is 10.3 Å². The van der Waals surface area contributed by atoms with Gasteiger partial charge in [-0.05, 0) is 31.0 Å². The Morgan fingerprint density at radius 3 is 3.09 bits per heavy atom. The minimum absolute atomic E-state index is 0.0429. The van der Waals surface area contributed by atoms with Gasteiger partial charge in [0.05, 0.1) is 18.0 Å². The largest absolute Gasteiger partial charge is 0.305 e. The Labute approximate surface area is 144 Å². The standard InChI is InChI=1S/C16H18N4OS2/c1-11-4-3-5-13(12(11)2)20-8-6-18-16(20)23-10-14(21)19-15-17-7-9-22-15/h3-6,8H,7,9-10H2,1-2H3,(H,17,19,21). The zero-order chi connectivity index (χ0) is 16.2. The number of rotatable bonds is 4. The van der Waals surface area contributed by atoms with E-state index in [2.05, 4.69) is 41.3 Å². The fraction of sp³-hybridized carbons (Fsp3) is 0.312. The number of aryl methyl sites for hydroxylation is 1. The zero-order valence-corrected chi connectivity index (χ0v) is 14.7. The molecular weight excluding hydrogens is 328 g/mol. The fourth-order valence-electron chi connectivity index (χ4n) is 2.27. The Balaban J connectivity index is 1.69. The second-order valence-electron chi connectivity index (χ2n) is 5.17. The van der Waals surface area contributed by atoms with Gasteiger partial charge in [-0.1, -0.05) is 35.7 Å². The van der Waals surface area contributed by atoms with Crippen molar-refractivity contribution in [2.45, 2.75) is 19.0 Å². The van der Waals surface area contributed by atoms with E-state index in [-0.39, 0.29) is 5.91 Å². The number of nitrogens with one attached hydrogen (secondary N) is 1. The third-order valence-corrected chi connectivity index (χ3v) is 5.46. The first kappa shape index (κ1) is 16.1. The van der Waals surface area contributed by atoms with Gasteiger partial charge < -0.3 is 5.32 Å². The summed E-state index contributed by atoms with van der Waals surface area (Å²) in [6.45, 7) is 4.97. The van der Waals surface area contributed by atoms with Crippen molar-refractivity contribution in [3.63, 3.8) is 0 Å². The van der Waals surface area contributed by atoms with Gasteiger partial charge in [0.25, 0.3) is 0 Å². The molecule has 1 N–H and O–H groups in total. The van der Waals surface area contributed by atoms with E-state index in [0.717, 1.165) is 28.3 Å². The number of amides is 1. The summed E-state index contributed by atoms with van der Waals surface area (Å²) in [6, 6.07) is 6.20. The average molecular weight is 346 g/mol. The summed E-state index contributed by atoms with van der Waals surface area (Å²) in [6.07, 6.45) is 3.69. The Bertz CT molecular complexity index is 754. The molecule has 0 fully saturated rings. The highest BCUT2D eigenvalue weighted by atomic mass is 32.2. The van der Waals surface area contributed by atoms with E-state index in [4.69, 9.17) is 0 Å². The number of benzene rings is 1. The highest BCUT2D eigenvalue weighted by Crippen LogP contribution is 2.24. The third kappa shape index (κ3) is 3.79. The van der Waals surface area contributed by atoms with E-state index in [1.165, 1.54) is 22.9 Å². The number of aromatic nitrogens is 2. The summed E-state index contributed by atoms with van der Waals surface area (Å²) < 4.78 is 2.03. The summed E-state index contributed by atoms with van der Waals surface area (Å²) in [4.78, 5) is 20.6. The molecule has 1 aliphatic heterocycles. The molecule has 0 saturated heterocycles. The van der Waals surface area contributed by atoms with Gasteiger partial charge in [-0.3, -0.25) is 14.4 Å². The number of carbonyl (C=O) groups excluding carboxylic acids is 1. The molecule has 5 nitrogen and oxygen atoms in total. The minimum Gasteiger partial charge on any atom is -0.305 e. The first-order chi connectivity index (χ1) is 11.1. The molecular formula is C16H18N4OS2. The number of amidine groups is 1. The number of thioether (sulfide) groups is 2. The van der Waals surface area contributed by atoms with E-state index >= 15 is 0 Å². The van der Waals surface area contributed by atoms with Crippen molar-refractivity contribution in [3.05, 3.63) is 41.7 Å². The van der Waals surface area contributed by atoms with E-state index in [9.17, 15) is 4.79 Å². The normalized spacial score (nSPS) is 13.9. The van der Waals surface area contributed by atoms with Crippen molar-refractivity contribution in [1.29, 1.82) is 0 Å². The van der Waals surface area contributed by atoms with Gasteiger partial charge in [0.2, 0.25) is 5.91 Å². The molecule has 0 atom stereocenters. The van der Waals surface area contributed by atoms with Crippen LogP contribution in [0.1, 0.15) is 11.1 Å². The summed E-state index contributed by atoms with van der Waals surface area (Å²) in [5.41, 5.74) is 3.55. The Hall–Kier alpha value is -1.73. The third-order valence-electron chi connectivity index (χ3n) is 3.61. The smallest absolute Gasteiger partial charge is 0.236 e. The van der Waals surface area contributed by atoms with Crippen LogP contribution >= 0.6 is 23.5 Å². The highest BCUT2D eigenvalue weighted by molar-refractivity contribution is 8.14. The number of imidazole rings is 1. The lowest BCUT2D eigenvalue weighted by Gasteiger charge is -2.12. The highest BCUT2D eigenvalue weighted by Gasteiger charge is 2.14. The quantitative estimate of drug-likeness (QED) is 0.865. The summed E-state index contributed by atoms with van der Waals surface area (Å²) in [7, 11) is 0. The van der Waals surface area contributed by atoms with Crippen molar-refractivity contribution < 1.29 is 4.79 Å². The van der Waals surface area contributed by atoms with Crippen molar-refractivity contribution >= 4 is 34.6 Å². The molecule has 0 saturated carbocycles. The van der Waals surface area contributed by atoms with E-state index < -0.39 is 0 Å². The van der Waals surface area contributed by atoms with Crippen LogP contribution in [0.5, 0.6) is 0 Å². The lowest BCUT2D eigenvalue weighted by molar-refractivity contribution is -0.117. The molecule has 1 amide bonds. The molecule has 7 heteroatoms. The molecule has 2 aromatic rings. The van der Waals surface area contributed by atoms with Crippen LogP contribution in [0.4, 0.5) is 0 Å². The van der Waals surface area contributed by atoms with Crippen LogP contribution in [0.25, 0.3) is 5.69 Å². The maximum absolute atomic E-state index is 12.0. The fourth-order valence-corrected chi connectivity index (χ4v) is 3.78. The minimum atomic E-state index is -0.0429. The van der Waals surface area contributed by atoms with E-state index in [1.54, 1.807) is 18.0 Å². The van der Waals surface area contributed by atoms with Gasteiger partial charge in [-0.2, -0.15) is 0 Å². The number of hydrogen-bond acceptors (Lipinski definition) is 5. The number of carbonyl (C=O) groups is 1. The molecule has 120 valence electrons. The maximum Gasteiger partial charge on any atom is 0.236 e. The van der Waals surface area contributed by atoms with Crippen LogP contribution in [0.15, 0.2) is 40.7 Å². The second-order valence-corrected chi connectivity index (χ2v) is 7.20. The van der Waals surface area contributed by atoms with Crippen molar-refractivity contribution in [2.24, 2.45) is 4.99 Å². The van der Waals surface area contributed by atoms with Crippen molar-refractivity contribution in [3.8, 4) is 5.69 Å². The number of aliphatic imine (C=N–C) groups is 1. The number of nitrogens with zero attached hydrogens (tertiary/aromatic N) is 3. The van der Waals surface area contributed by atoms with Crippen LogP contribution in [0.2, 0.25) is 0 Å². The van der Waals surface area contributed by atoms with Crippen LogP contribution < -0.4 is 5.32 Å². The molecule has 3 rings (SSSR count). The number of hydrogen-bond donors (Lipinski definition) is 1. The second kappa shape index (κ2) is 7.23. The summed E-state index contributed by atoms with van der Waals surface area (Å²) in [5, 5.41) is 4.38. The van der Waals surface area contributed by atoms with E-state index in [0.29, 0.717) is 5.75 Å². The Morgan fingerprint density at radius 2 is 2.30 bits per heavy atom. The first-order valence-electron chi connectivity index (χ1n) is 7.35. The molecule has 0 aliphatic carbocycles. The predicted octanol–water partition coefficient (Wildman–Crippen LogP) is 2.80. The predicted molar refractivity (Wildman–Crippen MR) is 96.7 cm³/mol. The first-order valence-corrected chi connectivity index (χ1v) is 9.32. The van der Waals surface area contributed by atoms with Crippen LogP contribution in [0, 0.1) is 13.8 Å². The molecule has 1 aromatic heterocycles. The van der Waals surface area contributed by atoms with Gasteiger partial charge in [-0.15, -0.1) is 0 Å². The lowest BCUT2D eigenvalue weighted by atomic mass is 10.1. The molecule has 0 radical (unpaired) electrons. The summed E-state index contributed by atoms with van der Waals surface area (Å²) in [5.74, 6) is 1.22. The molecule has 1 aromatic carbocycles. The molecule has 1 aliphatic rings. The van der Waals surface area contributed by atoms with Gasteiger partial charge in [0.1, 0.15) is 0 Å². The molecule has 0 spiro atoms. The van der Waals surface area contributed by atoms with Crippen LogP contribution in [0.3, 0.4) is 0 Å². The van der Waals surface area contributed by atoms with Gasteiger partial charge >= 0.3 is 0 Å². The lowest BCUT2D eigenvalue weighted by Crippen LogP contribution is -2.29. The molecule has 0 bridgehead atoms. The maximum atomic E-state index is 12.0. The van der Waals surface area contributed by atoms with Crippen LogP contribution in [-0.4, -0.2) is 38.7 Å². The topological polar surface area (TPSA) is 59.3 Å². The van der Waals surface area contributed by atoms with Gasteiger partial charge in [-0.25, -0.2) is 4.98 Å². The SMILES string of the molecule is Cc1cccc(-n2ccnc2SCC(=O)NC2=NCCS2)c1C. The monoisotopic (exact) mass is 346 g/mol. The summed E-state index contributed by atoms with van der Waals surface area (Å²) >= 11 is 3.02.